The first-order valence-electron chi connectivity index (χ1n) is 6.96. The van der Waals surface area contributed by atoms with Gasteiger partial charge < -0.3 is 0 Å². The van der Waals surface area contributed by atoms with Crippen LogP contribution in [0.3, 0.4) is 0 Å². The van der Waals surface area contributed by atoms with Gasteiger partial charge in [0, 0.05) is 29.1 Å². The summed E-state index contributed by atoms with van der Waals surface area (Å²) in [6, 6.07) is 3.50. The molecule has 110 valence electrons. The fourth-order valence-corrected chi connectivity index (χ4v) is 6.64. The SMILES string of the molecule is Cc1ccc(S(=O)(=O)N2C3CCC2c2cncnc2C3)s1. The molecule has 0 saturated carbocycles. The Morgan fingerprint density at radius 3 is 2.95 bits per heavy atom. The van der Waals surface area contributed by atoms with Crippen molar-refractivity contribution in [2.75, 3.05) is 0 Å². The van der Waals surface area contributed by atoms with Crippen molar-refractivity contribution < 1.29 is 8.42 Å². The summed E-state index contributed by atoms with van der Waals surface area (Å²) >= 11 is 1.34. The molecule has 4 heterocycles. The summed E-state index contributed by atoms with van der Waals surface area (Å²) in [7, 11) is -3.42. The Morgan fingerprint density at radius 1 is 1.33 bits per heavy atom. The van der Waals surface area contributed by atoms with Crippen LogP contribution < -0.4 is 0 Å². The number of hydrogen-bond acceptors (Lipinski definition) is 5. The minimum Gasteiger partial charge on any atom is -0.244 e. The van der Waals surface area contributed by atoms with Crippen LogP contribution in [-0.4, -0.2) is 28.7 Å². The summed E-state index contributed by atoms with van der Waals surface area (Å²) in [4.78, 5) is 9.42. The summed E-state index contributed by atoms with van der Waals surface area (Å²) in [5, 5.41) is 0. The van der Waals surface area contributed by atoms with E-state index in [9.17, 15) is 8.42 Å². The van der Waals surface area contributed by atoms with E-state index in [4.69, 9.17) is 0 Å². The topological polar surface area (TPSA) is 63.2 Å². The highest BCUT2D eigenvalue weighted by Crippen LogP contribution is 2.46. The minimum absolute atomic E-state index is 0.0322. The molecule has 0 N–H and O–H groups in total. The molecule has 4 rings (SSSR count). The third-order valence-corrected chi connectivity index (χ3v) is 7.73. The molecule has 2 bridgehead atoms. The summed E-state index contributed by atoms with van der Waals surface area (Å²) in [6.45, 7) is 1.93. The highest BCUT2D eigenvalue weighted by Gasteiger charge is 2.47. The van der Waals surface area contributed by atoms with Crippen molar-refractivity contribution in [3.63, 3.8) is 0 Å². The van der Waals surface area contributed by atoms with Gasteiger partial charge in [-0.1, -0.05) is 0 Å². The lowest BCUT2D eigenvalue weighted by atomic mass is 10.0. The number of thiophene rings is 1. The minimum atomic E-state index is -3.42. The second kappa shape index (κ2) is 4.59. The molecule has 2 atom stereocenters. The van der Waals surface area contributed by atoms with Crippen molar-refractivity contribution in [3.05, 3.63) is 40.8 Å². The molecule has 1 saturated heterocycles. The smallest absolute Gasteiger partial charge is 0.244 e. The Morgan fingerprint density at radius 2 is 2.19 bits per heavy atom. The standard InChI is InChI=1S/C14H15N3O2S2/c1-9-2-5-14(20-9)21(18,19)17-10-3-4-13(17)11-7-15-8-16-12(11)6-10/h2,5,7-8,10,13H,3-4,6H2,1H3. The van der Waals surface area contributed by atoms with Crippen molar-refractivity contribution in [1.82, 2.24) is 14.3 Å². The van der Waals surface area contributed by atoms with E-state index in [0.29, 0.717) is 10.6 Å². The summed E-state index contributed by atoms with van der Waals surface area (Å²) in [5.74, 6) is 0. The molecule has 5 nitrogen and oxygen atoms in total. The molecule has 0 radical (unpaired) electrons. The van der Waals surface area contributed by atoms with Gasteiger partial charge in [-0.3, -0.25) is 0 Å². The molecular formula is C14H15N3O2S2. The number of aryl methyl sites for hydroxylation is 1. The Balaban J connectivity index is 1.81. The van der Waals surface area contributed by atoms with Gasteiger partial charge in [0.15, 0.2) is 0 Å². The first-order valence-corrected chi connectivity index (χ1v) is 9.22. The summed E-state index contributed by atoms with van der Waals surface area (Å²) in [5.41, 5.74) is 1.98. The molecule has 2 unspecified atom stereocenters. The Hall–Kier alpha value is -1.31. The fraction of sp³-hybridized carbons (Fsp3) is 0.429. The van der Waals surface area contributed by atoms with Crippen LogP contribution in [0.25, 0.3) is 0 Å². The van der Waals surface area contributed by atoms with E-state index in [1.165, 1.54) is 11.3 Å². The number of hydrogen-bond donors (Lipinski definition) is 0. The lowest BCUT2D eigenvalue weighted by Crippen LogP contribution is -2.41. The summed E-state index contributed by atoms with van der Waals surface area (Å²) < 4.78 is 28.1. The van der Waals surface area contributed by atoms with Crippen LogP contribution in [0.4, 0.5) is 0 Å². The first kappa shape index (κ1) is 13.4. The molecule has 2 aliphatic rings. The molecule has 0 aromatic carbocycles. The molecule has 2 aliphatic heterocycles. The third-order valence-electron chi connectivity index (χ3n) is 4.30. The van der Waals surface area contributed by atoms with Crippen LogP contribution in [0.15, 0.2) is 28.9 Å². The van der Waals surface area contributed by atoms with Gasteiger partial charge in [0.05, 0.1) is 11.7 Å². The van der Waals surface area contributed by atoms with E-state index in [1.807, 2.05) is 13.0 Å². The Kier molecular flexibility index (Phi) is 2.92. The number of rotatable bonds is 2. The Bertz CT molecular complexity index is 800. The van der Waals surface area contributed by atoms with Gasteiger partial charge in [0.1, 0.15) is 10.5 Å². The molecule has 0 aliphatic carbocycles. The predicted octanol–water partition coefficient (Wildman–Crippen LogP) is 2.30. The maximum Gasteiger partial charge on any atom is 0.253 e. The molecule has 21 heavy (non-hydrogen) atoms. The van der Waals surface area contributed by atoms with Gasteiger partial charge in [-0.05, 0) is 31.9 Å². The average molecular weight is 321 g/mol. The average Bonchev–Trinajstić information content (AvgIpc) is 3.03. The number of fused-ring (bicyclic) bond motifs is 4. The van der Waals surface area contributed by atoms with E-state index in [0.717, 1.165) is 29.0 Å². The highest BCUT2D eigenvalue weighted by molar-refractivity contribution is 7.91. The maximum absolute atomic E-state index is 13.0. The number of aromatic nitrogens is 2. The second-order valence-corrected chi connectivity index (χ2v) is 8.93. The van der Waals surface area contributed by atoms with Gasteiger partial charge in [-0.25, -0.2) is 18.4 Å². The van der Waals surface area contributed by atoms with Crippen molar-refractivity contribution in [3.8, 4) is 0 Å². The van der Waals surface area contributed by atoms with E-state index in [1.54, 1.807) is 22.9 Å². The van der Waals surface area contributed by atoms with Gasteiger partial charge in [0.2, 0.25) is 0 Å². The van der Waals surface area contributed by atoms with Crippen LogP contribution in [-0.2, 0) is 16.4 Å². The molecule has 7 heteroatoms. The number of nitrogens with zero attached hydrogens (tertiary/aromatic N) is 3. The van der Waals surface area contributed by atoms with Crippen LogP contribution in [0, 0.1) is 6.92 Å². The summed E-state index contributed by atoms with van der Waals surface area (Å²) in [6.07, 6.45) is 5.76. The van der Waals surface area contributed by atoms with E-state index in [2.05, 4.69) is 9.97 Å². The molecule has 2 aromatic rings. The van der Waals surface area contributed by atoms with Crippen LogP contribution >= 0.6 is 11.3 Å². The van der Waals surface area contributed by atoms with Crippen molar-refractivity contribution in [2.45, 2.75) is 42.5 Å². The Labute approximate surface area is 127 Å². The molecule has 0 amide bonds. The van der Waals surface area contributed by atoms with Gasteiger partial charge >= 0.3 is 0 Å². The zero-order valence-corrected chi connectivity index (χ0v) is 13.2. The fourth-order valence-electron chi connectivity index (χ4n) is 3.40. The molecular weight excluding hydrogens is 306 g/mol. The van der Waals surface area contributed by atoms with Crippen molar-refractivity contribution >= 4 is 21.4 Å². The normalized spacial score (nSPS) is 25.0. The monoisotopic (exact) mass is 321 g/mol. The van der Waals surface area contributed by atoms with Crippen LogP contribution in [0.5, 0.6) is 0 Å². The molecule has 1 fully saturated rings. The predicted molar refractivity (Wildman–Crippen MR) is 79.6 cm³/mol. The zero-order chi connectivity index (χ0) is 14.6. The van der Waals surface area contributed by atoms with Gasteiger partial charge in [-0.2, -0.15) is 4.31 Å². The van der Waals surface area contributed by atoms with E-state index in [-0.39, 0.29) is 12.1 Å². The van der Waals surface area contributed by atoms with Gasteiger partial charge in [0.25, 0.3) is 10.0 Å². The van der Waals surface area contributed by atoms with E-state index < -0.39 is 10.0 Å². The van der Waals surface area contributed by atoms with E-state index >= 15 is 0 Å². The van der Waals surface area contributed by atoms with Crippen LogP contribution in [0.1, 0.15) is 35.0 Å². The lowest BCUT2D eigenvalue weighted by molar-refractivity contribution is 0.301. The second-order valence-electron chi connectivity index (χ2n) is 5.58. The lowest BCUT2D eigenvalue weighted by Gasteiger charge is -2.33. The van der Waals surface area contributed by atoms with Crippen LogP contribution in [0.2, 0.25) is 0 Å². The van der Waals surface area contributed by atoms with Gasteiger partial charge in [-0.15, -0.1) is 11.3 Å². The maximum atomic E-state index is 13.0. The zero-order valence-electron chi connectivity index (χ0n) is 11.6. The highest BCUT2D eigenvalue weighted by atomic mass is 32.2. The quantitative estimate of drug-likeness (QED) is 0.851. The first-order chi connectivity index (χ1) is 10.1. The third kappa shape index (κ3) is 1.95. The largest absolute Gasteiger partial charge is 0.253 e. The van der Waals surface area contributed by atoms with Crippen molar-refractivity contribution in [1.29, 1.82) is 0 Å². The molecule has 2 aromatic heterocycles. The molecule has 0 spiro atoms. The number of sulfonamides is 1. The van der Waals surface area contributed by atoms with Crippen molar-refractivity contribution in [2.24, 2.45) is 0 Å².